The molecule has 292 valence electrons. The molecule has 0 amide bonds. The topological polar surface area (TPSA) is 52.8 Å². The van der Waals surface area contributed by atoms with Crippen molar-refractivity contribution in [1.82, 2.24) is 0 Å². The first-order valence-electron chi connectivity index (χ1n) is 20.1. The van der Waals surface area contributed by atoms with Gasteiger partial charge in [-0.3, -0.25) is 0 Å². The largest absolute Gasteiger partial charge is 0.507 e. The molecule has 0 unspecified atom stereocenters. The molecular formula is C54H53MoNO2. The molecule has 0 atom stereocenters. The van der Waals surface area contributed by atoms with Crippen LogP contribution in [0, 0.1) is 6.92 Å². The molecule has 0 aliphatic heterocycles. The van der Waals surface area contributed by atoms with Crippen LogP contribution in [-0.2, 0) is 17.9 Å². The van der Waals surface area contributed by atoms with Gasteiger partial charge in [-0.1, -0.05) is 145 Å². The van der Waals surface area contributed by atoms with Gasteiger partial charge in [0.1, 0.15) is 11.5 Å². The van der Waals surface area contributed by atoms with E-state index in [1.165, 1.54) is 22.4 Å². The first-order chi connectivity index (χ1) is 28.2. The summed E-state index contributed by atoms with van der Waals surface area (Å²) in [5.74, 6) is 1.44. The molecule has 0 aliphatic carbocycles. The maximum atomic E-state index is 11.7. The maximum absolute atomic E-state index is 11.7. The van der Waals surface area contributed by atoms with Crippen LogP contribution in [0.25, 0.3) is 54.9 Å². The van der Waals surface area contributed by atoms with E-state index < -0.39 is 0 Å². The van der Waals surface area contributed by atoms with Gasteiger partial charge < -0.3 is 10.2 Å². The van der Waals surface area contributed by atoms with Crippen LogP contribution in [0.15, 0.2) is 173 Å². The molecule has 0 aromatic heterocycles. The predicted octanol–water partition coefficient (Wildman–Crippen LogP) is 15.4. The summed E-state index contributed by atoms with van der Waals surface area (Å²) >= 11 is -0.315. The summed E-state index contributed by atoms with van der Waals surface area (Å²) in [6.45, 7) is 13.3. The van der Waals surface area contributed by atoms with Gasteiger partial charge >= 0.3 is 114 Å². The Labute approximate surface area is 352 Å². The molecule has 2 N–H and O–H groups in total. The molecule has 8 rings (SSSR count). The van der Waals surface area contributed by atoms with Gasteiger partial charge in [0.25, 0.3) is 0 Å². The van der Waals surface area contributed by atoms with E-state index in [2.05, 4.69) is 76.3 Å². The van der Waals surface area contributed by atoms with Crippen molar-refractivity contribution < 1.29 is 28.1 Å². The van der Waals surface area contributed by atoms with Gasteiger partial charge in [0, 0.05) is 22.3 Å². The Morgan fingerprint density at radius 3 is 1.29 bits per heavy atom. The zero-order valence-electron chi connectivity index (χ0n) is 34.4. The normalized spacial score (nSPS) is 10.8. The number of hydrogen-bond donors (Lipinski definition) is 2. The van der Waals surface area contributed by atoms with Crippen LogP contribution in [0.5, 0.6) is 11.5 Å². The Balaban J connectivity index is 0.000000196. The van der Waals surface area contributed by atoms with Gasteiger partial charge in [0.05, 0.1) is 0 Å². The second-order valence-electron chi connectivity index (χ2n) is 15.0. The van der Waals surface area contributed by atoms with E-state index >= 15 is 0 Å². The Morgan fingerprint density at radius 1 is 0.517 bits per heavy atom. The van der Waals surface area contributed by atoms with Crippen molar-refractivity contribution in [2.45, 2.75) is 59.8 Å². The molecule has 0 saturated heterocycles. The smallest absolute Gasteiger partial charge is 0.132 e. The Bertz CT molecular complexity index is 2510. The van der Waals surface area contributed by atoms with Gasteiger partial charge in [-0.05, 0) is 51.7 Å². The molecule has 0 radical (unpaired) electrons. The first-order valence-corrected chi connectivity index (χ1v) is 22.2. The van der Waals surface area contributed by atoms with Crippen molar-refractivity contribution in [3.8, 4) is 44.9 Å². The number of aryl methyl sites for hydroxylation is 1. The van der Waals surface area contributed by atoms with E-state index in [9.17, 15) is 10.2 Å². The average Bonchev–Trinajstić information content (AvgIpc) is 3.25. The van der Waals surface area contributed by atoms with E-state index in [-0.39, 0.29) is 29.4 Å². The van der Waals surface area contributed by atoms with Crippen molar-refractivity contribution in [3.05, 3.63) is 187 Å². The second-order valence-corrected chi connectivity index (χ2v) is 16.8. The number of fused-ring (bicyclic) bond motifs is 2. The van der Waals surface area contributed by atoms with E-state index in [1.54, 1.807) is 0 Å². The van der Waals surface area contributed by atoms with Gasteiger partial charge in [-0.15, -0.1) is 0 Å². The van der Waals surface area contributed by atoms with Crippen LogP contribution in [-0.4, -0.2) is 14.6 Å². The van der Waals surface area contributed by atoms with Gasteiger partial charge in [0.2, 0.25) is 0 Å². The second kappa shape index (κ2) is 20.1. The van der Waals surface area contributed by atoms with Gasteiger partial charge in [-0.2, -0.15) is 0 Å². The third kappa shape index (κ3) is 9.84. The zero-order chi connectivity index (χ0) is 41.0. The summed E-state index contributed by atoms with van der Waals surface area (Å²) in [4.78, 5) is 0. The molecule has 0 aliphatic rings. The minimum absolute atomic E-state index is 0.163. The van der Waals surface area contributed by atoms with Crippen LogP contribution in [0.1, 0.15) is 69.6 Å². The molecule has 0 fully saturated rings. The van der Waals surface area contributed by atoms with Crippen molar-refractivity contribution >= 4 is 31.6 Å². The third-order valence-electron chi connectivity index (χ3n) is 10.1. The Kier molecular flexibility index (Phi) is 14.5. The molecule has 0 saturated carbocycles. The van der Waals surface area contributed by atoms with Gasteiger partial charge in [0.15, 0.2) is 0 Å². The number of hydrogen-bond acceptors (Lipinski definition) is 3. The molecule has 4 heteroatoms. The first kappa shape index (κ1) is 41.9. The third-order valence-corrected chi connectivity index (χ3v) is 12.0. The Hall–Kier alpha value is -5.76. The zero-order valence-corrected chi connectivity index (χ0v) is 36.4. The maximum Gasteiger partial charge on any atom is 0.132 e. The molecule has 8 aromatic carbocycles. The SMILES string of the molecule is CC[CH]=[Mo]=[N]c1c(C(C)C)cccc1C(C)C.Cc1ccccc1.Oc1c(-c2ccccc2)cc2ccccc2c1-c1c(O)c(-c2ccccc2)cc2ccccc12. The summed E-state index contributed by atoms with van der Waals surface area (Å²) in [5, 5.41) is 27.2. The van der Waals surface area contributed by atoms with Crippen molar-refractivity contribution in [2.75, 3.05) is 0 Å². The van der Waals surface area contributed by atoms with E-state index in [4.69, 9.17) is 3.50 Å². The number of aromatic hydroxyl groups is 2. The van der Waals surface area contributed by atoms with Crippen molar-refractivity contribution in [2.24, 2.45) is 3.50 Å². The minimum atomic E-state index is -0.315. The van der Waals surface area contributed by atoms with Crippen LogP contribution in [0.4, 0.5) is 5.69 Å². The minimum Gasteiger partial charge on any atom is -0.507 e. The molecule has 3 nitrogen and oxygen atoms in total. The van der Waals surface area contributed by atoms with Crippen LogP contribution in [0.2, 0.25) is 0 Å². The molecule has 58 heavy (non-hydrogen) atoms. The molecule has 0 heterocycles. The van der Waals surface area contributed by atoms with E-state index in [0.717, 1.165) is 50.2 Å². The summed E-state index contributed by atoms with van der Waals surface area (Å²) in [6, 6.07) is 56.7. The Morgan fingerprint density at radius 2 is 0.914 bits per heavy atom. The standard InChI is InChI=1S/C32H22O2.C12H17N.C7H8.C3H6.Mo/c33-31-27(21-11-3-1-4-12-21)19-23-15-7-9-17-25(23)29(31)30-26-18-10-8-16-24(26)20-28(32(30)34)22-13-5-2-6-14-22;1-8(2)10-6-5-7-11(9(3)4)12(10)13;1-7-5-3-2-4-6-7;1-3-2;/h1-20,33-34H;5-9H,1-4H3;2-6H,1H3;1H,3H2,2H3;. The fourth-order valence-electron chi connectivity index (χ4n) is 7.17. The van der Waals surface area contributed by atoms with Crippen LogP contribution < -0.4 is 0 Å². The molecule has 0 bridgehead atoms. The predicted molar refractivity (Wildman–Crippen MR) is 245 cm³/mol. The van der Waals surface area contributed by atoms with E-state index in [1.807, 2.05) is 140 Å². The summed E-state index contributed by atoms with van der Waals surface area (Å²) in [6.07, 6.45) is 1.15. The number of benzene rings is 8. The number of phenols is 2. The quantitative estimate of drug-likeness (QED) is 0.157. The van der Waals surface area contributed by atoms with Gasteiger partial charge in [-0.25, -0.2) is 0 Å². The molecule has 8 aromatic rings. The fourth-order valence-corrected chi connectivity index (χ4v) is 8.50. The van der Waals surface area contributed by atoms with Crippen molar-refractivity contribution in [1.29, 1.82) is 0 Å². The fraction of sp³-hybridized carbons (Fsp3) is 0.167. The number of rotatable bonds is 7. The summed E-state index contributed by atoms with van der Waals surface area (Å²) in [5.41, 5.74) is 10.0. The number of nitrogens with zero attached hydrogens (tertiary/aromatic N) is 1. The molecule has 0 spiro atoms. The monoisotopic (exact) mass is 845 g/mol. The van der Waals surface area contributed by atoms with Crippen LogP contribution in [0.3, 0.4) is 0 Å². The number of phenolic OH excluding ortho intramolecular Hbond substituents is 2. The summed E-state index contributed by atoms with van der Waals surface area (Å²) < 4.78 is 7.27. The molecular weight excluding hydrogens is 791 g/mol. The summed E-state index contributed by atoms with van der Waals surface area (Å²) in [7, 11) is 0. The van der Waals surface area contributed by atoms with Crippen molar-refractivity contribution in [3.63, 3.8) is 0 Å². The van der Waals surface area contributed by atoms with E-state index in [0.29, 0.717) is 23.0 Å². The average molecular weight is 844 g/mol. The van der Waals surface area contributed by atoms with Crippen LogP contribution >= 0.6 is 0 Å².